The Labute approximate surface area is 147 Å². The third-order valence-corrected chi connectivity index (χ3v) is 3.94. The van der Waals surface area contributed by atoms with Crippen molar-refractivity contribution in [2.75, 3.05) is 6.67 Å². The highest BCUT2D eigenvalue weighted by Crippen LogP contribution is 2.30. The molecule has 0 aliphatic rings. The summed E-state index contributed by atoms with van der Waals surface area (Å²) in [7, 11) is 0. The maximum atomic E-state index is 12.9. The van der Waals surface area contributed by atoms with Gasteiger partial charge in [0.15, 0.2) is 6.04 Å². The third-order valence-electron chi connectivity index (χ3n) is 3.94. The summed E-state index contributed by atoms with van der Waals surface area (Å²) in [4.78, 5) is 28.0. The zero-order valence-corrected chi connectivity index (χ0v) is 14.3. The van der Waals surface area contributed by atoms with Gasteiger partial charge in [-0.1, -0.05) is 5.16 Å². The Morgan fingerprint density at radius 3 is 2.62 bits per heavy atom. The number of pyridine rings is 1. The summed E-state index contributed by atoms with van der Waals surface area (Å²) in [6, 6.07) is 1.60. The molecule has 8 nitrogen and oxygen atoms in total. The summed E-state index contributed by atoms with van der Waals surface area (Å²) in [6.07, 6.45) is 0. The van der Waals surface area contributed by atoms with E-state index in [1.54, 1.807) is 26.8 Å². The maximum Gasteiger partial charge on any atom is 0.328 e. The SMILES string of the molecule is Cc1cc(-c2cc(C(=O)NC(CF)C(=O)O)c3c(C)noc3n2)c(C)o1. The zero-order valence-electron chi connectivity index (χ0n) is 14.3. The molecule has 0 radical (unpaired) electrons. The number of carbonyl (C=O) groups is 2. The van der Waals surface area contributed by atoms with E-state index in [1.807, 2.05) is 0 Å². The van der Waals surface area contributed by atoms with Crippen LogP contribution in [0.2, 0.25) is 0 Å². The number of nitrogens with one attached hydrogen (secondary N) is 1. The first kappa shape index (κ1) is 17.6. The smallest absolute Gasteiger partial charge is 0.328 e. The number of aliphatic carboxylic acids is 1. The van der Waals surface area contributed by atoms with Gasteiger partial charge in [-0.2, -0.15) is 0 Å². The first-order valence-electron chi connectivity index (χ1n) is 7.76. The molecule has 0 aliphatic carbocycles. The van der Waals surface area contributed by atoms with Gasteiger partial charge in [0.05, 0.1) is 22.3 Å². The number of amides is 1. The molecule has 3 aromatic heterocycles. The summed E-state index contributed by atoms with van der Waals surface area (Å²) in [5, 5.41) is 15.3. The molecule has 0 aliphatic heterocycles. The van der Waals surface area contributed by atoms with Crippen molar-refractivity contribution in [1.29, 1.82) is 0 Å². The van der Waals surface area contributed by atoms with Crippen molar-refractivity contribution in [1.82, 2.24) is 15.5 Å². The van der Waals surface area contributed by atoms with Crippen molar-refractivity contribution in [3.63, 3.8) is 0 Å². The van der Waals surface area contributed by atoms with E-state index < -0.39 is 24.6 Å². The van der Waals surface area contributed by atoms with Crippen LogP contribution in [0.15, 0.2) is 21.1 Å². The molecule has 0 aromatic carbocycles. The first-order valence-corrected chi connectivity index (χ1v) is 7.76. The van der Waals surface area contributed by atoms with Crippen molar-refractivity contribution in [3.05, 3.63) is 34.9 Å². The van der Waals surface area contributed by atoms with Gasteiger partial charge >= 0.3 is 5.97 Å². The fraction of sp³-hybridized carbons (Fsp3) is 0.294. The van der Waals surface area contributed by atoms with Crippen LogP contribution in [0.1, 0.15) is 27.6 Å². The van der Waals surface area contributed by atoms with Gasteiger partial charge in [0, 0.05) is 5.56 Å². The number of alkyl halides is 1. The number of carboxylic acids is 1. The van der Waals surface area contributed by atoms with Crippen LogP contribution in [0, 0.1) is 20.8 Å². The summed E-state index contributed by atoms with van der Waals surface area (Å²) in [6.45, 7) is 3.93. The summed E-state index contributed by atoms with van der Waals surface area (Å²) < 4.78 is 23.5. The normalized spacial score (nSPS) is 12.3. The first-order chi connectivity index (χ1) is 12.3. The Balaban J connectivity index is 2.14. The second-order valence-corrected chi connectivity index (χ2v) is 5.85. The number of carboxylic acid groups (broad SMARTS) is 1. The molecule has 9 heteroatoms. The van der Waals surface area contributed by atoms with Crippen LogP contribution in [0.5, 0.6) is 0 Å². The van der Waals surface area contributed by atoms with Crippen LogP contribution in [0.4, 0.5) is 4.39 Å². The van der Waals surface area contributed by atoms with Crippen LogP contribution in [0.25, 0.3) is 22.4 Å². The fourth-order valence-corrected chi connectivity index (χ4v) is 2.70. The molecule has 1 amide bonds. The van der Waals surface area contributed by atoms with Crippen LogP contribution < -0.4 is 5.32 Å². The monoisotopic (exact) mass is 361 g/mol. The summed E-state index contributed by atoms with van der Waals surface area (Å²) in [5.41, 5.74) is 1.70. The van der Waals surface area contributed by atoms with Gasteiger partial charge in [0.2, 0.25) is 0 Å². The van der Waals surface area contributed by atoms with Gasteiger partial charge in [-0.3, -0.25) is 4.79 Å². The Hall–Kier alpha value is -3.23. The maximum absolute atomic E-state index is 12.9. The predicted molar refractivity (Wildman–Crippen MR) is 88.6 cm³/mol. The third kappa shape index (κ3) is 3.03. The molecule has 3 heterocycles. The second kappa shape index (κ2) is 6.58. The minimum Gasteiger partial charge on any atom is -0.480 e. The zero-order chi connectivity index (χ0) is 19.0. The number of aryl methyl sites for hydroxylation is 3. The molecule has 0 bridgehead atoms. The van der Waals surface area contributed by atoms with Gasteiger partial charge in [-0.05, 0) is 32.9 Å². The molecule has 0 saturated heterocycles. The minimum absolute atomic E-state index is 0.0988. The molecule has 1 atom stereocenters. The second-order valence-electron chi connectivity index (χ2n) is 5.85. The van der Waals surface area contributed by atoms with E-state index in [2.05, 4.69) is 15.5 Å². The molecule has 0 spiro atoms. The number of hydrogen-bond acceptors (Lipinski definition) is 6. The van der Waals surface area contributed by atoms with Crippen molar-refractivity contribution >= 4 is 23.0 Å². The number of fused-ring (bicyclic) bond motifs is 1. The number of carbonyl (C=O) groups excluding carboxylic acids is 1. The lowest BCUT2D eigenvalue weighted by Gasteiger charge is -2.12. The highest BCUT2D eigenvalue weighted by atomic mass is 19.1. The molecule has 1 unspecified atom stereocenters. The summed E-state index contributed by atoms with van der Waals surface area (Å²) >= 11 is 0. The van der Waals surface area contributed by atoms with Crippen LogP contribution in [0.3, 0.4) is 0 Å². The van der Waals surface area contributed by atoms with Crippen molar-refractivity contribution in [3.8, 4) is 11.3 Å². The lowest BCUT2D eigenvalue weighted by molar-refractivity contribution is -0.139. The molecule has 3 aromatic rings. The molecular weight excluding hydrogens is 345 g/mol. The average Bonchev–Trinajstić information content (AvgIpc) is 3.13. The number of hydrogen-bond donors (Lipinski definition) is 2. The van der Waals surface area contributed by atoms with E-state index in [1.165, 1.54) is 6.07 Å². The van der Waals surface area contributed by atoms with Gasteiger partial charge in [0.25, 0.3) is 11.6 Å². The molecule has 136 valence electrons. The van der Waals surface area contributed by atoms with Gasteiger partial charge in [-0.25, -0.2) is 14.2 Å². The molecule has 26 heavy (non-hydrogen) atoms. The number of rotatable bonds is 5. The van der Waals surface area contributed by atoms with Crippen molar-refractivity contribution in [2.24, 2.45) is 0 Å². The molecule has 2 N–H and O–H groups in total. The highest BCUT2D eigenvalue weighted by molar-refractivity contribution is 6.08. The van der Waals surface area contributed by atoms with Crippen LogP contribution in [-0.2, 0) is 4.79 Å². The van der Waals surface area contributed by atoms with E-state index in [9.17, 15) is 14.0 Å². The highest BCUT2D eigenvalue weighted by Gasteiger charge is 2.25. The minimum atomic E-state index is -1.65. The lowest BCUT2D eigenvalue weighted by Crippen LogP contribution is -2.42. The Morgan fingerprint density at radius 2 is 2.04 bits per heavy atom. The van der Waals surface area contributed by atoms with E-state index >= 15 is 0 Å². The van der Waals surface area contributed by atoms with Crippen LogP contribution in [-0.4, -0.2) is 39.8 Å². The van der Waals surface area contributed by atoms with Gasteiger partial charge in [0.1, 0.15) is 18.2 Å². The number of aromatic nitrogens is 2. The summed E-state index contributed by atoms with van der Waals surface area (Å²) in [5.74, 6) is -0.950. The van der Waals surface area contributed by atoms with Crippen LogP contribution >= 0.6 is 0 Å². The van der Waals surface area contributed by atoms with Gasteiger partial charge < -0.3 is 19.4 Å². The average molecular weight is 361 g/mol. The number of halogens is 1. The lowest BCUT2D eigenvalue weighted by atomic mass is 10.0. The Bertz CT molecular complexity index is 1010. The molecule has 0 fully saturated rings. The van der Waals surface area contributed by atoms with E-state index in [4.69, 9.17) is 14.0 Å². The molecular formula is C17H16FN3O5. The number of nitrogens with zero attached hydrogens (tertiary/aromatic N) is 2. The number of furan rings is 1. The van der Waals surface area contributed by atoms with E-state index in [0.29, 0.717) is 33.9 Å². The quantitative estimate of drug-likeness (QED) is 0.717. The molecule has 0 saturated carbocycles. The fourth-order valence-electron chi connectivity index (χ4n) is 2.70. The molecule has 3 rings (SSSR count). The Morgan fingerprint density at radius 1 is 1.31 bits per heavy atom. The topological polar surface area (TPSA) is 118 Å². The van der Waals surface area contributed by atoms with Crippen molar-refractivity contribution < 1.29 is 28.0 Å². The Kier molecular flexibility index (Phi) is 4.45. The standard InChI is InChI=1S/C17H16FN3O5/c1-7-4-10(9(3)25-7)12-5-11(14-8(2)21-26-16(14)20-12)15(22)19-13(6-18)17(23)24/h4-5,13H,6H2,1-3H3,(H,19,22)(H,23,24). The predicted octanol–water partition coefficient (Wildman–Crippen LogP) is 2.56. The largest absolute Gasteiger partial charge is 0.480 e. The van der Waals surface area contributed by atoms with E-state index in [0.717, 1.165) is 0 Å². The van der Waals surface area contributed by atoms with Gasteiger partial charge in [-0.15, -0.1) is 0 Å². The van der Waals surface area contributed by atoms with Crippen molar-refractivity contribution in [2.45, 2.75) is 26.8 Å². The van der Waals surface area contributed by atoms with E-state index in [-0.39, 0.29) is 11.3 Å².